The lowest BCUT2D eigenvalue weighted by molar-refractivity contribution is 0.0343. The van der Waals surface area contributed by atoms with Gasteiger partial charge in [0.2, 0.25) is 0 Å². The normalized spacial score (nSPS) is 21.2. The molecule has 0 bridgehead atoms. The molecule has 13 heteroatoms. The first-order valence-electron chi connectivity index (χ1n) is 13.1. The Morgan fingerprint density at radius 2 is 1.93 bits per heavy atom. The Labute approximate surface area is 240 Å². The number of carbonyl (C=O) groups excluding carboxylic acids is 2. The van der Waals surface area contributed by atoms with Crippen molar-refractivity contribution in [3.05, 3.63) is 112 Å². The van der Waals surface area contributed by atoms with Gasteiger partial charge >= 0.3 is 12.2 Å². The molecule has 214 valence electrons. The zero-order valence-electron chi connectivity index (χ0n) is 22.4. The van der Waals surface area contributed by atoms with Crippen molar-refractivity contribution in [1.29, 1.82) is 0 Å². The summed E-state index contributed by atoms with van der Waals surface area (Å²) in [5.41, 5.74) is 11.4. The van der Waals surface area contributed by atoms with Crippen molar-refractivity contribution < 1.29 is 27.5 Å². The van der Waals surface area contributed by atoms with Crippen molar-refractivity contribution in [3.8, 4) is 0 Å². The highest BCUT2D eigenvalue weighted by Crippen LogP contribution is 2.43. The van der Waals surface area contributed by atoms with Crippen molar-refractivity contribution in [2.45, 2.75) is 42.5 Å². The third-order valence-electron chi connectivity index (χ3n) is 7.70. The average Bonchev–Trinajstić information content (AvgIpc) is 3.34. The summed E-state index contributed by atoms with van der Waals surface area (Å²) in [5, 5.41) is 10.2. The van der Waals surface area contributed by atoms with Gasteiger partial charge in [0.1, 0.15) is 18.8 Å². The average molecular weight is 587 g/mol. The Kier molecular flexibility index (Phi) is 6.76. The molecule has 2 heterocycles. The number of nitrogens with one attached hydrogen (secondary N) is 2. The largest absolute Gasteiger partial charge is 0.447 e. The van der Waals surface area contributed by atoms with Gasteiger partial charge < -0.3 is 20.1 Å². The van der Waals surface area contributed by atoms with Crippen LogP contribution in [0.4, 0.5) is 9.59 Å². The summed E-state index contributed by atoms with van der Waals surface area (Å²) in [6, 6.07) is 18.7. The highest BCUT2D eigenvalue weighted by molar-refractivity contribution is 7.90. The van der Waals surface area contributed by atoms with Crippen LogP contribution in [0, 0.1) is 6.92 Å². The fourth-order valence-corrected chi connectivity index (χ4v) is 7.09. The summed E-state index contributed by atoms with van der Waals surface area (Å²) in [6.45, 7) is 1.64. The van der Waals surface area contributed by atoms with E-state index in [1.54, 1.807) is 30.3 Å². The van der Waals surface area contributed by atoms with Gasteiger partial charge in [0, 0.05) is 22.9 Å². The lowest BCUT2D eigenvalue weighted by Gasteiger charge is -2.44. The number of rotatable bonds is 6. The number of fused-ring (bicyclic) bond motifs is 1. The smallest absolute Gasteiger partial charge is 0.408 e. The van der Waals surface area contributed by atoms with E-state index in [1.807, 2.05) is 37.3 Å². The van der Waals surface area contributed by atoms with E-state index in [1.165, 1.54) is 22.3 Å². The fraction of sp³-hybridized carbons (Fsp3) is 0.241. The van der Waals surface area contributed by atoms with E-state index in [0.717, 1.165) is 11.1 Å². The van der Waals surface area contributed by atoms with E-state index in [0.29, 0.717) is 22.0 Å². The summed E-state index contributed by atoms with van der Waals surface area (Å²) in [7, 11) is -4.04. The Balaban J connectivity index is 1.46. The summed E-state index contributed by atoms with van der Waals surface area (Å²) in [5.74, 6) is 0. The van der Waals surface area contributed by atoms with Crippen LogP contribution >= 0.6 is 0 Å². The monoisotopic (exact) mass is 586 g/mol. The number of azide groups is 1. The summed E-state index contributed by atoms with van der Waals surface area (Å²) in [6.07, 6.45) is 0.0271. The zero-order valence-corrected chi connectivity index (χ0v) is 23.2. The van der Waals surface area contributed by atoms with Crippen molar-refractivity contribution in [2.75, 3.05) is 6.61 Å². The minimum absolute atomic E-state index is 0.0120. The number of ether oxygens (including phenoxy) is 2. The number of aryl methyl sites for hydroxylation is 1. The molecule has 2 aliphatic rings. The minimum Gasteiger partial charge on any atom is -0.447 e. The third kappa shape index (κ3) is 4.68. The predicted molar refractivity (Wildman–Crippen MR) is 152 cm³/mol. The Hall–Kier alpha value is -5.00. The van der Waals surface area contributed by atoms with Gasteiger partial charge in [-0.3, -0.25) is 0 Å². The SMILES string of the molecule is Cc1ccc(S(=O)(=O)n2cc3c4c(cccc42)C[C@@]2(NC(=O)OCc4ccccc4)COC(=O)N[C@H]2[C@H]3N=[N+]=[N-])cc1. The van der Waals surface area contributed by atoms with E-state index in [9.17, 15) is 23.5 Å². The maximum absolute atomic E-state index is 13.8. The molecule has 1 aromatic heterocycles. The number of cyclic esters (lactones) is 1. The van der Waals surface area contributed by atoms with Gasteiger partial charge in [0.05, 0.1) is 22.5 Å². The van der Waals surface area contributed by atoms with E-state index >= 15 is 0 Å². The van der Waals surface area contributed by atoms with Crippen molar-refractivity contribution in [3.63, 3.8) is 0 Å². The lowest BCUT2D eigenvalue weighted by atomic mass is 9.81. The molecule has 3 aromatic carbocycles. The Morgan fingerprint density at radius 1 is 1.17 bits per heavy atom. The summed E-state index contributed by atoms with van der Waals surface area (Å²) < 4.78 is 39.6. The van der Waals surface area contributed by atoms with Gasteiger partial charge in [0.15, 0.2) is 0 Å². The zero-order chi connectivity index (χ0) is 29.5. The van der Waals surface area contributed by atoms with Gasteiger partial charge in [0.25, 0.3) is 10.0 Å². The first-order chi connectivity index (χ1) is 20.2. The maximum Gasteiger partial charge on any atom is 0.408 e. The van der Waals surface area contributed by atoms with Gasteiger partial charge in [-0.15, -0.1) is 0 Å². The van der Waals surface area contributed by atoms with Gasteiger partial charge in [-0.2, -0.15) is 0 Å². The molecule has 3 atom stereocenters. The van der Waals surface area contributed by atoms with Crippen LogP contribution in [0.5, 0.6) is 0 Å². The third-order valence-corrected chi connectivity index (χ3v) is 9.39. The first-order valence-corrected chi connectivity index (χ1v) is 14.6. The Morgan fingerprint density at radius 3 is 2.67 bits per heavy atom. The van der Waals surface area contributed by atoms with Crippen LogP contribution in [0.25, 0.3) is 21.3 Å². The number of amides is 2. The molecule has 0 spiro atoms. The maximum atomic E-state index is 13.8. The quantitative estimate of drug-likeness (QED) is 0.186. The van der Waals surface area contributed by atoms with Gasteiger partial charge in [-0.25, -0.2) is 22.0 Å². The van der Waals surface area contributed by atoms with Crippen LogP contribution in [0.2, 0.25) is 0 Å². The van der Waals surface area contributed by atoms with Gasteiger partial charge in [-0.1, -0.05) is 65.3 Å². The molecular formula is C29H26N6O6S. The molecule has 0 radical (unpaired) electrons. The second-order valence-electron chi connectivity index (χ2n) is 10.4. The number of hydrogen-bond donors (Lipinski definition) is 2. The molecule has 12 nitrogen and oxygen atoms in total. The molecule has 6 rings (SSSR count). The minimum atomic E-state index is -4.04. The van der Waals surface area contributed by atoms with E-state index in [-0.39, 0.29) is 24.5 Å². The molecule has 2 N–H and O–H groups in total. The van der Waals surface area contributed by atoms with E-state index in [4.69, 9.17) is 9.47 Å². The van der Waals surface area contributed by atoms with Gasteiger partial charge in [-0.05, 0) is 47.3 Å². The van der Waals surface area contributed by atoms with Crippen LogP contribution in [-0.4, -0.2) is 42.8 Å². The molecule has 4 aromatic rings. The second-order valence-corrected chi connectivity index (χ2v) is 12.2. The molecule has 42 heavy (non-hydrogen) atoms. The molecule has 1 fully saturated rings. The van der Waals surface area contributed by atoms with Crippen LogP contribution < -0.4 is 10.6 Å². The van der Waals surface area contributed by atoms with Crippen molar-refractivity contribution in [2.24, 2.45) is 5.11 Å². The fourth-order valence-electron chi connectivity index (χ4n) is 5.72. The van der Waals surface area contributed by atoms with Crippen LogP contribution in [0.15, 0.2) is 89.0 Å². The first kappa shape index (κ1) is 27.2. The van der Waals surface area contributed by atoms with Crippen molar-refractivity contribution in [1.82, 2.24) is 14.6 Å². The predicted octanol–water partition coefficient (Wildman–Crippen LogP) is 4.87. The second kappa shape index (κ2) is 10.4. The number of aromatic nitrogens is 1. The molecule has 1 aliphatic heterocycles. The summed E-state index contributed by atoms with van der Waals surface area (Å²) >= 11 is 0. The Bertz CT molecular complexity index is 1850. The standard InChI is InChI=1S/C29H26N6O6S/c1-18-10-12-21(13-11-18)42(38,39)35-15-22-24-20(8-5-9-23(24)35)14-29(17-41-27(36)31-26(29)25(22)33-34-30)32-28(37)40-16-19-6-3-2-4-7-19/h2-13,15,25-26H,14,16-17H2,1H3,(H,31,36)(H,32,37)/t25-,26-,29+/m0/s1. The molecule has 1 saturated heterocycles. The number of hydrogen-bond acceptors (Lipinski definition) is 7. The van der Waals surface area contributed by atoms with E-state index < -0.39 is 39.8 Å². The molecule has 1 aliphatic carbocycles. The molecule has 2 amide bonds. The topological polar surface area (TPSA) is 164 Å². The van der Waals surface area contributed by atoms with E-state index in [2.05, 4.69) is 20.7 Å². The van der Waals surface area contributed by atoms with Crippen LogP contribution in [0.1, 0.15) is 28.3 Å². The highest BCUT2D eigenvalue weighted by Gasteiger charge is 2.52. The lowest BCUT2D eigenvalue weighted by Crippen LogP contribution is -2.70. The molecule has 0 saturated carbocycles. The number of alkyl carbamates (subject to hydrolysis) is 2. The molecule has 0 unspecified atom stereocenters. The van der Waals surface area contributed by atoms with Crippen molar-refractivity contribution >= 4 is 33.1 Å². The molecular weight excluding hydrogens is 560 g/mol. The number of benzene rings is 3. The summed E-state index contributed by atoms with van der Waals surface area (Å²) in [4.78, 5) is 28.7. The van der Waals surface area contributed by atoms with Crippen LogP contribution in [-0.2, 0) is 32.5 Å². The van der Waals surface area contributed by atoms with Crippen LogP contribution in [0.3, 0.4) is 0 Å². The number of carbonyl (C=O) groups is 2. The number of nitrogens with zero attached hydrogens (tertiary/aromatic N) is 4. The highest BCUT2D eigenvalue weighted by atomic mass is 32.2.